The molecule has 0 saturated carbocycles. The number of hydrogen-bond donors (Lipinski definition) is 1. The van der Waals surface area contributed by atoms with Gasteiger partial charge >= 0.3 is 0 Å². The van der Waals surface area contributed by atoms with E-state index in [1.807, 2.05) is 0 Å². The maximum atomic E-state index is 5.19. The van der Waals surface area contributed by atoms with Crippen molar-refractivity contribution in [1.82, 2.24) is 10.2 Å². The molecule has 1 aliphatic rings. The van der Waals surface area contributed by atoms with Gasteiger partial charge in [-0.25, -0.2) is 0 Å². The maximum Gasteiger partial charge on any atom is 0.0713 e. The Labute approximate surface area is 123 Å². The number of benzene rings is 1. The summed E-state index contributed by atoms with van der Waals surface area (Å²) in [6, 6.07) is 9.25. The summed E-state index contributed by atoms with van der Waals surface area (Å²) in [4.78, 5) is 2.43. The van der Waals surface area contributed by atoms with Gasteiger partial charge in [0.1, 0.15) is 0 Å². The van der Waals surface area contributed by atoms with Crippen molar-refractivity contribution in [2.24, 2.45) is 5.92 Å². The molecule has 1 fully saturated rings. The summed E-state index contributed by atoms with van der Waals surface area (Å²) < 4.78 is 5.19. The predicted octanol–water partition coefficient (Wildman–Crippen LogP) is 2.65. The lowest BCUT2D eigenvalue weighted by atomic mass is 9.90. The van der Waals surface area contributed by atoms with Crippen molar-refractivity contribution in [3.8, 4) is 0 Å². The Balaban J connectivity index is 1.80. The van der Waals surface area contributed by atoms with E-state index in [1.54, 1.807) is 7.11 Å². The van der Waals surface area contributed by atoms with E-state index in [0.29, 0.717) is 12.6 Å². The summed E-state index contributed by atoms with van der Waals surface area (Å²) in [5.74, 6) is 0.813. The van der Waals surface area contributed by atoms with Gasteiger partial charge in [0.05, 0.1) is 6.61 Å². The molecule has 2 rings (SSSR count). The van der Waals surface area contributed by atoms with E-state index in [-0.39, 0.29) is 0 Å². The van der Waals surface area contributed by atoms with Crippen molar-refractivity contribution in [2.75, 3.05) is 27.2 Å². The van der Waals surface area contributed by atoms with Gasteiger partial charge in [0.15, 0.2) is 0 Å². The van der Waals surface area contributed by atoms with Gasteiger partial charge in [0.25, 0.3) is 0 Å². The predicted molar refractivity (Wildman–Crippen MR) is 83.7 cm³/mol. The first-order valence-electron chi connectivity index (χ1n) is 7.67. The Morgan fingerprint density at radius 2 is 2.00 bits per heavy atom. The van der Waals surface area contributed by atoms with Crippen LogP contribution in [-0.2, 0) is 17.9 Å². The second kappa shape index (κ2) is 7.77. The first-order valence-corrected chi connectivity index (χ1v) is 7.67. The quantitative estimate of drug-likeness (QED) is 0.864. The van der Waals surface area contributed by atoms with Crippen molar-refractivity contribution < 1.29 is 4.74 Å². The Morgan fingerprint density at radius 1 is 1.30 bits per heavy atom. The zero-order valence-corrected chi connectivity index (χ0v) is 13.1. The second-order valence-corrected chi connectivity index (χ2v) is 6.06. The second-order valence-electron chi connectivity index (χ2n) is 6.06. The van der Waals surface area contributed by atoms with Crippen LogP contribution in [-0.4, -0.2) is 38.2 Å². The lowest BCUT2D eigenvalue weighted by Crippen LogP contribution is -2.40. The molecule has 1 saturated heterocycles. The summed E-state index contributed by atoms with van der Waals surface area (Å²) in [7, 11) is 3.96. The van der Waals surface area contributed by atoms with E-state index in [9.17, 15) is 0 Å². The van der Waals surface area contributed by atoms with Gasteiger partial charge in [0, 0.05) is 19.7 Å². The minimum Gasteiger partial charge on any atom is -0.380 e. The maximum absolute atomic E-state index is 5.19. The van der Waals surface area contributed by atoms with Crippen LogP contribution >= 0.6 is 0 Å². The number of ether oxygens (including phenoxy) is 1. The molecule has 0 bridgehead atoms. The Kier molecular flexibility index (Phi) is 6.02. The third-order valence-corrected chi connectivity index (χ3v) is 4.40. The zero-order valence-electron chi connectivity index (χ0n) is 13.1. The molecule has 0 aromatic heterocycles. The summed E-state index contributed by atoms with van der Waals surface area (Å²) in [6.07, 6.45) is 2.63. The van der Waals surface area contributed by atoms with Crippen LogP contribution in [0.25, 0.3) is 0 Å². The van der Waals surface area contributed by atoms with E-state index < -0.39 is 0 Å². The zero-order chi connectivity index (χ0) is 14.4. The normalized spacial score (nSPS) is 19.1. The summed E-state index contributed by atoms with van der Waals surface area (Å²) in [5, 5.41) is 3.69. The van der Waals surface area contributed by atoms with Gasteiger partial charge in [-0.05, 0) is 56.9 Å². The molecule has 1 aromatic carbocycles. The van der Waals surface area contributed by atoms with Crippen LogP contribution in [0.2, 0.25) is 0 Å². The third kappa shape index (κ3) is 4.58. The average Bonchev–Trinajstić information content (AvgIpc) is 2.46. The van der Waals surface area contributed by atoms with Crippen molar-refractivity contribution in [1.29, 1.82) is 0 Å². The van der Waals surface area contributed by atoms with E-state index >= 15 is 0 Å². The first-order chi connectivity index (χ1) is 9.69. The van der Waals surface area contributed by atoms with Crippen LogP contribution in [0.4, 0.5) is 0 Å². The highest BCUT2D eigenvalue weighted by Crippen LogP contribution is 2.20. The van der Waals surface area contributed by atoms with Crippen LogP contribution in [0, 0.1) is 5.92 Å². The molecule has 1 aliphatic heterocycles. The minimum absolute atomic E-state index is 0.592. The topological polar surface area (TPSA) is 24.5 Å². The number of nitrogens with one attached hydrogen (secondary N) is 1. The Bertz CT molecular complexity index is 400. The van der Waals surface area contributed by atoms with Gasteiger partial charge in [-0.15, -0.1) is 0 Å². The number of piperidine rings is 1. The number of nitrogens with zero attached hydrogens (tertiary/aromatic N) is 1. The first kappa shape index (κ1) is 15.5. The molecule has 0 radical (unpaired) electrons. The molecule has 112 valence electrons. The van der Waals surface area contributed by atoms with Crippen LogP contribution in [0.1, 0.15) is 30.9 Å². The largest absolute Gasteiger partial charge is 0.380 e. The van der Waals surface area contributed by atoms with E-state index in [0.717, 1.165) is 12.5 Å². The molecule has 1 aromatic rings. The fraction of sp³-hybridized carbons (Fsp3) is 0.647. The highest BCUT2D eigenvalue weighted by atomic mass is 16.5. The van der Waals surface area contributed by atoms with Crippen LogP contribution < -0.4 is 5.32 Å². The molecular formula is C17H28N2O. The van der Waals surface area contributed by atoms with E-state index in [2.05, 4.69) is 48.5 Å². The molecule has 1 N–H and O–H groups in total. The van der Waals surface area contributed by atoms with Crippen LogP contribution in [0.5, 0.6) is 0 Å². The van der Waals surface area contributed by atoms with Crippen molar-refractivity contribution in [3.05, 3.63) is 35.4 Å². The van der Waals surface area contributed by atoms with Crippen molar-refractivity contribution in [2.45, 2.75) is 39.0 Å². The van der Waals surface area contributed by atoms with Gasteiger partial charge in [-0.2, -0.15) is 0 Å². The molecule has 0 aliphatic carbocycles. The third-order valence-electron chi connectivity index (χ3n) is 4.40. The molecule has 0 amide bonds. The molecule has 1 atom stereocenters. The molecular weight excluding hydrogens is 248 g/mol. The van der Waals surface area contributed by atoms with Crippen LogP contribution in [0.15, 0.2) is 24.3 Å². The van der Waals surface area contributed by atoms with E-state index in [1.165, 1.54) is 37.1 Å². The van der Waals surface area contributed by atoms with Crippen LogP contribution in [0.3, 0.4) is 0 Å². The average molecular weight is 276 g/mol. The van der Waals surface area contributed by atoms with E-state index in [4.69, 9.17) is 4.74 Å². The summed E-state index contributed by atoms with van der Waals surface area (Å²) in [5.41, 5.74) is 2.60. The molecule has 1 unspecified atom stereocenters. The van der Waals surface area contributed by atoms with Crippen molar-refractivity contribution in [3.63, 3.8) is 0 Å². The van der Waals surface area contributed by atoms with Gasteiger partial charge < -0.3 is 15.0 Å². The number of hydrogen-bond acceptors (Lipinski definition) is 3. The fourth-order valence-electron chi connectivity index (χ4n) is 2.97. The smallest absolute Gasteiger partial charge is 0.0713 e. The van der Waals surface area contributed by atoms with Gasteiger partial charge in [-0.3, -0.25) is 0 Å². The Hall–Kier alpha value is -0.900. The van der Waals surface area contributed by atoms with Crippen molar-refractivity contribution >= 4 is 0 Å². The summed E-state index contributed by atoms with van der Waals surface area (Å²) >= 11 is 0. The fourth-order valence-corrected chi connectivity index (χ4v) is 2.97. The highest BCUT2D eigenvalue weighted by molar-refractivity contribution is 5.22. The number of methoxy groups -OCH3 is 1. The number of likely N-dealkylation sites (tertiary alicyclic amines) is 1. The molecule has 1 heterocycles. The van der Waals surface area contributed by atoms with Gasteiger partial charge in [0.2, 0.25) is 0 Å². The molecule has 3 heteroatoms. The Morgan fingerprint density at radius 3 is 2.70 bits per heavy atom. The van der Waals surface area contributed by atoms with Gasteiger partial charge in [-0.1, -0.05) is 24.3 Å². The SMILES string of the molecule is COCc1cccc(CNC(C)C2CCN(C)CC2)c1. The lowest BCUT2D eigenvalue weighted by Gasteiger charge is -2.33. The monoisotopic (exact) mass is 276 g/mol. The molecule has 0 spiro atoms. The standard InChI is InChI=1S/C17H28N2O/c1-14(17-7-9-19(2)10-8-17)18-12-15-5-4-6-16(11-15)13-20-3/h4-6,11,14,17-18H,7-10,12-13H2,1-3H3. The number of rotatable bonds is 6. The molecule has 20 heavy (non-hydrogen) atoms. The molecule has 3 nitrogen and oxygen atoms in total. The highest BCUT2D eigenvalue weighted by Gasteiger charge is 2.21. The minimum atomic E-state index is 0.592. The summed E-state index contributed by atoms with van der Waals surface area (Å²) in [6.45, 7) is 6.44. The lowest BCUT2D eigenvalue weighted by molar-refractivity contribution is 0.184.